The standard InChI is InChI=1S/C72H99N17O18/c1-39(2)31-49(83-63(98)48(27-28-57(73)93)82-69(104)60(75)40(3)4)64(99)81-47(17-11-29-78-72(76)77)62(97)85-52(36-58(74)94)61(96)79-37-59(95)80-53(34-42-15-9-6-10-16-42)70(105)89-30-12-18-56(89)68(103)86-51(33-43-19-23-45(91)24-20-43)65(100)84-50(32-41-13-7-5-8-14-41)66(101)88-55(38-90)67(102)87-54(71(106)107)35-44-21-25-46(92)26-22-44/h5-10,13-16,19-26,39-40,47-56,60,90-92H,11-12,17-18,27-38,75H2,1-4H3,(H2,73,93)(H2,74,94)(H,79,96)(H,80,95)(H,81,99)(H,82,104)(H,83,98)(H,84,100)(H,85,97)(H,86,103)(H,87,102)(H,88,101)(H,106,107)(H4,76,77,78)/t47-,48-,49-,50-,51-,52-,53-,54-,55-,56-,60-/m0/s1. The first-order chi connectivity index (χ1) is 50.7. The van der Waals surface area contributed by atoms with Crippen molar-refractivity contribution in [2.45, 2.75) is 171 Å². The number of carboxylic acids is 1. The zero-order chi connectivity index (χ0) is 79.0. The number of nitrogens with one attached hydrogen (secondary N) is 12. The van der Waals surface area contributed by atoms with E-state index in [1.807, 2.05) is 0 Å². The molecule has 24 N–H and O–H groups in total. The molecule has 35 nitrogen and oxygen atoms in total. The lowest BCUT2D eigenvalue weighted by molar-refractivity contribution is -0.142. The van der Waals surface area contributed by atoms with E-state index in [2.05, 4.69) is 58.5 Å². The van der Waals surface area contributed by atoms with Gasteiger partial charge < -0.3 is 107 Å². The number of guanidine groups is 1. The number of carbonyl (C=O) groups is 14. The van der Waals surface area contributed by atoms with Crippen LogP contribution in [0.4, 0.5) is 0 Å². The first kappa shape index (κ1) is 85.9. The molecule has 13 amide bonds. The molecule has 0 radical (unpaired) electrons. The molecule has 0 saturated carbocycles. The number of likely N-dealkylation sites (tertiary alicyclic amines) is 1. The number of benzene rings is 4. The van der Waals surface area contributed by atoms with E-state index in [9.17, 15) is 87.5 Å². The van der Waals surface area contributed by atoms with Gasteiger partial charge in [0.05, 0.1) is 25.6 Å². The van der Waals surface area contributed by atoms with Crippen LogP contribution in [0.5, 0.6) is 11.5 Å². The van der Waals surface area contributed by atoms with Gasteiger partial charge in [0.2, 0.25) is 76.8 Å². The maximum atomic E-state index is 15.0. The van der Waals surface area contributed by atoms with E-state index in [0.29, 0.717) is 22.3 Å². The molecule has 107 heavy (non-hydrogen) atoms. The number of aliphatic carboxylic acids is 1. The van der Waals surface area contributed by atoms with Crippen LogP contribution in [0.25, 0.3) is 0 Å². The summed E-state index contributed by atoms with van der Waals surface area (Å²) < 4.78 is 0. The molecule has 0 bridgehead atoms. The molecule has 1 saturated heterocycles. The lowest BCUT2D eigenvalue weighted by Gasteiger charge is -2.30. The summed E-state index contributed by atoms with van der Waals surface area (Å²) in [5.74, 6) is -14.9. The second-order valence-corrected chi connectivity index (χ2v) is 26.7. The Balaban J connectivity index is 1.35. The fourth-order valence-corrected chi connectivity index (χ4v) is 11.4. The van der Waals surface area contributed by atoms with Crippen LogP contribution in [0.1, 0.15) is 101 Å². The molecular weight excluding hydrogens is 1390 g/mol. The van der Waals surface area contributed by atoms with Crippen molar-refractivity contribution in [2.75, 3.05) is 26.2 Å². The van der Waals surface area contributed by atoms with Crippen molar-refractivity contribution in [1.29, 1.82) is 5.41 Å². The summed E-state index contributed by atoms with van der Waals surface area (Å²) in [5, 5.41) is 75.5. The zero-order valence-corrected chi connectivity index (χ0v) is 60.0. The van der Waals surface area contributed by atoms with Crippen molar-refractivity contribution in [1.82, 2.24) is 63.4 Å². The number of rotatable bonds is 43. The highest BCUT2D eigenvalue weighted by Crippen LogP contribution is 2.22. The van der Waals surface area contributed by atoms with Crippen LogP contribution < -0.4 is 81.4 Å². The molecule has 1 aliphatic rings. The molecule has 1 fully saturated rings. The van der Waals surface area contributed by atoms with E-state index in [4.69, 9.17) is 28.3 Å². The van der Waals surface area contributed by atoms with Gasteiger partial charge in [0.25, 0.3) is 0 Å². The minimum absolute atomic E-state index is 0.00968. The van der Waals surface area contributed by atoms with Crippen LogP contribution in [0.3, 0.4) is 0 Å². The number of amides is 13. The van der Waals surface area contributed by atoms with Crippen molar-refractivity contribution in [2.24, 2.45) is 34.8 Å². The number of nitrogens with two attached hydrogens (primary N) is 4. The molecule has 4 aromatic rings. The van der Waals surface area contributed by atoms with Gasteiger partial charge in [0, 0.05) is 45.2 Å². The Morgan fingerprint density at radius 2 is 0.935 bits per heavy atom. The predicted octanol–water partition coefficient (Wildman–Crippen LogP) is -3.65. The van der Waals surface area contributed by atoms with E-state index in [1.54, 1.807) is 88.4 Å². The summed E-state index contributed by atoms with van der Waals surface area (Å²) >= 11 is 0. The van der Waals surface area contributed by atoms with Crippen molar-refractivity contribution in [3.05, 3.63) is 131 Å². The molecule has 0 aromatic heterocycles. The van der Waals surface area contributed by atoms with Crippen LogP contribution >= 0.6 is 0 Å². The topological polar surface area (TPSA) is 583 Å². The van der Waals surface area contributed by atoms with Gasteiger partial charge in [-0.15, -0.1) is 0 Å². The number of carboxylic acid groups (broad SMARTS) is 1. The van der Waals surface area contributed by atoms with Crippen molar-refractivity contribution >= 4 is 88.7 Å². The third-order valence-electron chi connectivity index (χ3n) is 17.2. The molecule has 11 atom stereocenters. The Morgan fingerprint density at radius 3 is 1.44 bits per heavy atom. The smallest absolute Gasteiger partial charge is 0.326 e. The molecule has 1 aliphatic heterocycles. The highest BCUT2D eigenvalue weighted by Gasteiger charge is 2.41. The molecule has 5 rings (SSSR count). The Labute approximate surface area is 617 Å². The minimum Gasteiger partial charge on any atom is -0.508 e. The summed E-state index contributed by atoms with van der Waals surface area (Å²) in [7, 11) is 0. The van der Waals surface area contributed by atoms with Crippen LogP contribution in [0.15, 0.2) is 109 Å². The summed E-state index contributed by atoms with van der Waals surface area (Å²) in [5.41, 5.74) is 24.3. The van der Waals surface area contributed by atoms with E-state index in [-0.39, 0.29) is 107 Å². The number of nitrogens with zero attached hydrogens (tertiary/aromatic N) is 1. The fourth-order valence-electron chi connectivity index (χ4n) is 11.4. The molecule has 0 spiro atoms. The number of hydrogen-bond acceptors (Lipinski definition) is 19. The van der Waals surface area contributed by atoms with Gasteiger partial charge >= 0.3 is 5.97 Å². The summed E-state index contributed by atoms with van der Waals surface area (Å²) in [6.07, 6.45) is -2.23. The maximum absolute atomic E-state index is 15.0. The number of phenolic OH excluding ortho intramolecular Hbond substituents is 2. The lowest BCUT2D eigenvalue weighted by Crippen LogP contribution is -2.60. The number of aliphatic hydroxyl groups is 1. The number of aliphatic hydroxyl groups excluding tert-OH is 1. The number of primary amides is 2. The van der Waals surface area contributed by atoms with E-state index < -0.39 is 175 Å². The SMILES string of the molecule is CC(C)C[C@H](NC(=O)[C@H](CCC(N)=O)NC(=O)[C@@H](N)C(C)C)C(=O)N[C@@H](CCCNC(=N)N)C(=O)N[C@@H](CC(N)=O)C(=O)NCC(=O)N[C@@H](Cc1ccccc1)C(=O)N1CCC[C@H]1C(=O)N[C@@H](Cc1ccc(O)cc1)C(=O)N[C@@H](Cc1ccccc1)C(=O)N[C@@H](CO)C(=O)N[C@@H](Cc1ccc(O)cc1)C(=O)O. The molecule has 35 heteroatoms. The Hall–Kier alpha value is -11.8. The molecule has 4 aromatic carbocycles. The minimum atomic E-state index is -1.81. The third-order valence-corrected chi connectivity index (χ3v) is 17.2. The Kier molecular flexibility index (Phi) is 34.4. The van der Waals surface area contributed by atoms with Gasteiger partial charge in [-0.25, -0.2) is 4.79 Å². The quantitative estimate of drug-likeness (QED) is 0.0115. The average molecular weight is 1490 g/mol. The van der Waals surface area contributed by atoms with Gasteiger partial charge in [-0.1, -0.05) is 113 Å². The highest BCUT2D eigenvalue weighted by molar-refractivity contribution is 6.00. The number of carbonyl (C=O) groups excluding carboxylic acids is 13. The van der Waals surface area contributed by atoms with Gasteiger partial charge in [0.1, 0.15) is 71.9 Å². The first-order valence-electron chi connectivity index (χ1n) is 34.9. The van der Waals surface area contributed by atoms with E-state index >= 15 is 0 Å². The van der Waals surface area contributed by atoms with Gasteiger partial charge in [-0.3, -0.25) is 67.7 Å². The van der Waals surface area contributed by atoms with Gasteiger partial charge in [-0.2, -0.15) is 0 Å². The van der Waals surface area contributed by atoms with Crippen LogP contribution in [-0.2, 0) is 92.8 Å². The first-order valence-corrected chi connectivity index (χ1v) is 34.9. The zero-order valence-electron chi connectivity index (χ0n) is 60.0. The van der Waals surface area contributed by atoms with Crippen molar-refractivity contribution < 1.29 is 87.5 Å². The van der Waals surface area contributed by atoms with E-state index in [0.717, 1.165) is 0 Å². The largest absolute Gasteiger partial charge is 0.508 e. The Bertz CT molecular complexity index is 3740. The summed E-state index contributed by atoms with van der Waals surface area (Å²) in [6, 6.07) is 11.6. The number of hydrogen-bond donors (Lipinski definition) is 20. The van der Waals surface area contributed by atoms with Crippen LogP contribution in [0, 0.1) is 17.2 Å². The summed E-state index contributed by atoms with van der Waals surface area (Å²) in [6.45, 7) is 4.89. The molecule has 1 heterocycles. The normalized spacial score (nSPS) is 15.3. The van der Waals surface area contributed by atoms with E-state index in [1.165, 1.54) is 53.4 Å². The molecule has 0 unspecified atom stereocenters. The maximum Gasteiger partial charge on any atom is 0.326 e. The fraction of sp³-hybridized carbons (Fsp3) is 0.458. The monoisotopic (exact) mass is 1490 g/mol. The van der Waals surface area contributed by atoms with Crippen LogP contribution in [-0.4, -0.2) is 207 Å². The van der Waals surface area contributed by atoms with Gasteiger partial charge in [0.15, 0.2) is 5.96 Å². The predicted molar refractivity (Wildman–Crippen MR) is 387 cm³/mol. The second kappa shape index (κ2) is 42.9. The van der Waals surface area contributed by atoms with Crippen molar-refractivity contribution in [3.8, 4) is 11.5 Å². The number of phenols is 2. The lowest BCUT2D eigenvalue weighted by atomic mass is 10.00. The number of aromatic hydroxyl groups is 2. The second-order valence-electron chi connectivity index (χ2n) is 26.7. The molecule has 0 aliphatic carbocycles. The third kappa shape index (κ3) is 29.4. The van der Waals surface area contributed by atoms with Gasteiger partial charge in [-0.05, 0) is 96.9 Å². The molecular formula is C72H99N17O18. The van der Waals surface area contributed by atoms with Crippen LogP contribution in [0.2, 0.25) is 0 Å². The summed E-state index contributed by atoms with van der Waals surface area (Å²) in [4.78, 5) is 194. The highest BCUT2D eigenvalue weighted by atomic mass is 16.4. The average Bonchev–Trinajstić information content (AvgIpc) is 1.77. The molecule has 580 valence electrons. The van der Waals surface area contributed by atoms with Crippen molar-refractivity contribution in [3.63, 3.8) is 0 Å². The Morgan fingerprint density at radius 1 is 0.495 bits per heavy atom.